The number of likely N-dealkylation sites (tertiary alicyclic amines) is 2. The number of aliphatic hydroxyl groups excluding tert-OH is 1. The van der Waals surface area contributed by atoms with Gasteiger partial charge >= 0.3 is 6.18 Å². The van der Waals surface area contributed by atoms with Gasteiger partial charge in [-0.05, 0) is 98.7 Å². The van der Waals surface area contributed by atoms with Crippen LogP contribution in [0.1, 0.15) is 42.7 Å². The van der Waals surface area contributed by atoms with Crippen LogP contribution >= 0.6 is 12.2 Å². The van der Waals surface area contributed by atoms with E-state index in [-0.39, 0.29) is 5.92 Å². The van der Waals surface area contributed by atoms with Crippen LogP contribution in [-0.4, -0.2) is 66.0 Å². The average molecular weight is 522 g/mol. The fourth-order valence-corrected chi connectivity index (χ4v) is 5.50. The molecule has 4 rings (SSSR count). The molecule has 2 heterocycles. The molecular weight excluding hydrogens is 487 g/mol. The first-order valence-corrected chi connectivity index (χ1v) is 12.9. The number of rotatable bonds is 6. The highest BCUT2D eigenvalue weighted by Crippen LogP contribution is 2.32. The fraction of sp³-hybridized carbons (Fsp3) is 0.519. The number of β-amino-alcohol motifs (C(OH)–C–C–N with tert-alkyl or cyclic N) is 1. The maximum absolute atomic E-state index is 13.0. The zero-order valence-electron chi connectivity index (χ0n) is 20.5. The highest BCUT2D eigenvalue weighted by molar-refractivity contribution is 7.80. The summed E-state index contributed by atoms with van der Waals surface area (Å²) in [6.45, 7) is 3.96. The molecule has 2 aliphatic rings. The molecule has 2 N–H and O–H groups in total. The molecule has 0 spiro atoms. The lowest BCUT2D eigenvalue weighted by atomic mass is 9.88. The topological polar surface area (TPSA) is 48.0 Å². The Balaban J connectivity index is 1.20. The Morgan fingerprint density at radius 3 is 2.33 bits per heavy atom. The van der Waals surface area contributed by atoms with Crippen molar-refractivity contribution in [3.63, 3.8) is 0 Å². The fourth-order valence-electron chi connectivity index (χ4n) is 5.20. The number of piperidine rings is 2. The number of aliphatic hydroxyl groups is 1. The number of nitrogens with one attached hydrogen (secondary N) is 1. The van der Waals surface area contributed by atoms with Crippen molar-refractivity contribution >= 4 is 23.0 Å². The maximum Gasteiger partial charge on any atom is 0.416 e. The van der Waals surface area contributed by atoms with Gasteiger partial charge in [0.1, 0.15) is 5.75 Å². The second-order valence-electron chi connectivity index (χ2n) is 9.75. The highest BCUT2D eigenvalue weighted by Gasteiger charge is 2.31. The molecule has 0 amide bonds. The summed E-state index contributed by atoms with van der Waals surface area (Å²) < 4.78 is 44.2. The summed E-state index contributed by atoms with van der Waals surface area (Å²) in [5.74, 6) is 1.60. The van der Waals surface area contributed by atoms with Crippen molar-refractivity contribution in [2.45, 2.75) is 43.9 Å². The van der Waals surface area contributed by atoms with E-state index in [0.29, 0.717) is 36.4 Å². The lowest BCUT2D eigenvalue weighted by molar-refractivity contribution is -0.137. The Hall–Kier alpha value is -2.36. The van der Waals surface area contributed by atoms with E-state index >= 15 is 0 Å². The number of methoxy groups -OCH3 is 1. The normalized spacial score (nSPS) is 19.2. The van der Waals surface area contributed by atoms with E-state index < -0.39 is 17.8 Å². The Morgan fingerprint density at radius 1 is 1.06 bits per heavy atom. The van der Waals surface area contributed by atoms with Crippen LogP contribution in [0.25, 0.3) is 0 Å². The summed E-state index contributed by atoms with van der Waals surface area (Å²) in [7, 11) is 1.68. The summed E-state index contributed by atoms with van der Waals surface area (Å²) in [5, 5.41) is 14.3. The van der Waals surface area contributed by atoms with Gasteiger partial charge in [0.15, 0.2) is 5.11 Å². The van der Waals surface area contributed by atoms with Crippen molar-refractivity contribution in [3.8, 4) is 5.75 Å². The largest absolute Gasteiger partial charge is 0.497 e. The van der Waals surface area contributed by atoms with E-state index in [4.69, 9.17) is 17.0 Å². The van der Waals surface area contributed by atoms with Gasteiger partial charge in [0.25, 0.3) is 0 Å². The maximum atomic E-state index is 13.0. The Labute approximate surface area is 216 Å². The quantitative estimate of drug-likeness (QED) is 0.499. The van der Waals surface area contributed by atoms with Gasteiger partial charge in [0, 0.05) is 25.3 Å². The SMILES string of the molecule is COc1ccc(C2CCN(CC(O)C3CCN(C(=S)Nc4cccc(C(F)(F)F)c4)CC3)CC2)cc1. The highest BCUT2D eigenvalue weighted by atomic mass is 32.1. The molecule has 2 aromatic rings. The number of nitrogens with zero attached hydrogens (tertiary/aromatic N) is 2. The van der Waals surface area contributed by atoms with Crippen LogP contribution in [0.4, 0.5) is 18.9 Å². The molecule has 0 radical (unpaired) electrons. The first kappa shape index (κ1) is 26.7. The number of benzene rings is 2. The number of ether oxygens (including phenoxy) is 1. The molecule has 0 saturated carbocycles. The van der Waals surface area contributed by atoms with Gasteiger partial charge in [-0.2, -0.15) is 13.2 Å². The van der Waals surface area contributed by atoms with Crippen molar-refractivity contribution in [3.05, 3.63) is 59.7 Å². The van der Waals surface area contributed by atoms with Gasteiger partial charge in [0.05, 0.1) is 18.8 Å². The third kappa shape index (κ3) is 6.89. The third-order valence-corrected chi connectivity index (χ3v) is 7.79. The van der Waals surface area contributed by atoms with Crippen LogP contribution in [0.2, 0.25) is 0 Å². The Kier molecular flexibility index (Phi) is 8.74. The summed E-state index contributed by atoms with van der Waals surface area (Å²) in [4.78, 5) is 4.33. The van der Waals surface area contributed by atoms with Crippen molar-refractivity contribution in [1.82, 2.24) is 9.80 Å². The Bertz CT molecular complexity index is 1000. The summed E-state index contributed by atoms with van der Waals surface area (Å²) >= 11 is 5.45. The summed E-state index contributed by atoms with van der Waals surface area (Å²) in [6, 6.07) is 13.4. The van der Waals surface area contributed by atoms with Crippen molar-refractivity contribution in [2.75, 3.05) is 45.2 Å². The van der Waals surface area contributed by atoms with E-state index in [1.807, 2.05) is 17.0 Å². The van der Waals surface area contributed by atoms with Gasteiger partial charge in [-0.1, -0.05) is 18.2 Å². The van der Waals surface area contributed by atoms with Crippen molar-refractivity contribution < 1.29 is 23.0 Å². The predicted octanol–water partition coefficient (Wildman–Crippen LogP) is 5.36. The zero-order valence-corrected chi connectivity index (χ0v) is 21.3. The second-order valence-corrected chi connectivity index (χ2v) is 10.1. The Morgan fingerprint density at radius 2 is 1.72 bits per heavy atom. The number of hydrogen-bond donors (Lipinski definition) is 2. The molecule has 196 valence electrons. The molecule has 36 heavy (non-hydrogen) atoms. The summed E-state index contributed by atoms with van der Waals surface area (Å²) in [5.41, 5.74) is 0.971. The second kappa shape index (κ2) is 11.8. The molecule has 2 saturated heterocycles. The molecule has 2 aliphatic heterocycles. The first-order valence-electron chi connectivity index (χ1n) is 12.5. The summed E-state index contributed by atoms with van der Waals surface area (Å²) in [6.07, 6.45) is -1.03. The molecule has 9 heteroatoms. The van der Waals surface area contributed by atoms with Crippen LogP contribution in [0.15, 0.2) is 48.5 Å². The number of halogens is 3. The van der Waals surface area contributed by atoms with E-state index in [1.54, 1.807) is 13.2 Å². The third-order valence-electron chi connectivity index (χ3n) is 7.43. The van der Waals surface area contributed by atoms with E-state index in [9.17, 15) is 18.3 Å². The average Bonchev–Trinajstić information content (AvgIpc) is 2.89. The number of thiocarbonyl (C=S) groups is 1. The molecule has 0 aromatic heterocycles. The predicted molar refractivity (Wildman–Crippen MR) is 139 cm³/mol. The van der Waals surface area contributed by atoms with Gasteiger partial charge in [0.2, 0.25) is 0 Å². The van der Waals surface area contributed by atoms with Gasteiger partial charge in [-0.25, -0.2) is 0 Å². The molecular formula is C27H34F3N3O2S. The number of hydrogen-bond acceptors (Lipinski definition) is 4. The molecule has 1 atom stereocenters. The number of anilines is 1. The van der Waals surface area contributed by atoms with Crippen LogP contribution in [0.3, 0.4) is 0 Å². The lowest BCUT2D eigenvalue weighted by Crippen LogP contribution is -2.46. The molecule has 0 aliphatic carbocycles. The number of alkyl halides is 3. The minimum atomic E-state index is -4.39. The monoisotopic (exact) mass is 521 g/mol. The molecule has 5 nitrogen and oxygen atoms in total. The molecule has 2 aromatic carbocycles. The van der Waals surface area contributed by atoms with Crippen molar-refractivity contribution in [2.24, 2.45) is 5.92 Å². The van der Waals surface area contributed by atoms with Crippen LogP contribution in [0, 0.1) is 5.92 Å². The van der Waals surface area contributed by atoms with Crippen molar-refractivity contribution in [1.29, 1.82) is 0 Å². The lowest BCUT2D eigenvalue weighted by Gasteiger charge is -2.38. The molecule has 0 bridgehead atoms. The standard InChI is InChI=1S/C27H34F3N3O2S/c1-35-24-7-5-19(6-8-24)20-9-13-32(14-10-20)18-25(34)21-11-15-33(16-12-21)26(36)31-23-4-2-3-22(17-23)27(28,29)30/h2-8,17,20-21,25,34H,9-16,18H2,1H3,(H,31,36). The molecule has 2 fully saturated rings. The smallest absolute Gasteiger partial charge is 0.416 e. The minimum Gasteiger partial charge on any atom is -0.497 e. The van der Waals surface area contributed by atoms with Gasteiger partial charge < -0.3 is 25.0 Å². The van der Waals surface area contributed by atoms with E-state index in [1.165, 1.54) is 11.6 Å². The van der Waals surface area contributed by atoms with Crippen LogP contribution in [0.5, 0.6) is 5.75 Å². The van der Waals surface area contributed by atoms with Gasteiger partial charge in [-0.15, -0.1) is 0 Å². The molecule has 1 unspecified atom stereocenters. The van der Waals surface area contributed by atoms with E-state index in [0.717, 1.165) is 56.7 Å². The van der Waals surface area contributed by atoms with E-state index in [2.05, 4.69) is 22.3 Å². The zero-order chi connectivity index (χ0) is 25.7. The van der Waals surface area contributed by atoms with Crippen LogP contribution in [-0.2, 0) is 6.18 Å². The van der Waals surface area contributed by atoms with Gasteiger partial charge in [-0.3, -0.25) is 0 Å². The van der Waals surface area contributed by atoms with Crippen LogP contribution < -0.4 is 10.1 Å². The first-order chi connectivity index (χ1) is 17.2. The minimum absolute atomic E-state index is 0.192.